The van der Waals surface area contributed by atoms with Gasteiger partial charge >= 0.3 is 0 Å². The summed E-state index contributed by atoms with van der Waals surface area (Å²) in [6.07, 6.45) is 2.04. The average Bonchev–Trinajstić information content (AvgIpc) is 2.32. The van der Waals surface area contributed by atoms with E-state index in [-0.39, 0.29) is 5.41 Å². The van der Waals surface area contributed by atoms with Gasteiger partial charge in [0, 0.05) is 49.8 Å². The standard InChI is InChI=1S/C11H21NO2S/c13-10-11(1-5-14-6-2-11)9-12-3-7-15-8-4-12/h13H,1-10H2. The summed E-state index contributed by atoms with van der Waals surface area (Å²) in [7, 11) is 0. The molecule has 3 nitrogen and oxygen atoms in total. The van der Waals surface area contributed by atoms with Crippen LogP contribution in [0, 0.1) is 5.41 Å². The molecule has 0 radical (unpaired) electrons. The Kier molecular flexibility index (Phi) is 4.31. The van der Waals surface area contributed by atoms with Crippen LogP contribution < -0.4 is 0 Å². The van der Waals surface area contributed by atoms with Crippen molar-refractivity contribution < 1.29 is 9.84 Å². The number of rotatable bonds is 3. The third-order valence-corrected chi connectivity index (χ3v) is 4.49. The van der Waals surface area contributed by atoms with Gasteiger partial charge in [0.05, 0.1) is 6.61 Å². The fourth-order valence-electron chi connectivity index (χ4n) is 2.40. The number of aliphatic hydroxyl groups is 1. The molecule has 0 bridgehead atoms. The summed E-state index contributed by atoms with van der Waals surface area (Å²) in [5, 5.41) is 9.58. The van der Waals surface area contributed by atoms with Gasteiger partial charge in [-0.3, -0.25) is 0 Å². The molecule has 2 fully saturated rings. The molecule has 0 spiro atoms. The van der Waals surface area contributed by atoms with Crippen molar-refractivity contribution in [2.24, 2.45) is 5.41 Å². The molecule has 2 rings (SSSR count). The molecule has 4 heteroatoms. The third kappa shape index (κ3) is 3.09. The fraction of sp³-hybridized carbons (Fsp3) is 1.00. The van der Waals surface area contributed by atoms with Crippen LogP contribution >= 0.6 is 11.8 Å². The zero-order chi connectivity index (χ0) is 10.6. The van der Waals surface area contributed by atoms with Crippen molar-refractivity contribution in [1.82, 2.24) is 4.90 Å². The molecule has 0 aromatic carbocycles. The van der Waals surface area contributed by atoms with Crippen LogP contribution in [0.15, 0.2) is 0 Å². The van der Waals surface area contributed by atoms with Crippen LogP contribution in [0.1, 0.15) is 12.8 Å². The second-order valence-corrected chi connectivity index (χ2v) is 5.88. The SMILES string of the molecule is OCC1(CN2CCSCC2)CCOCC1. The second kappa shape index (κ2) is 5.53. The van der Waals surface area contributed by atoms with E-state index in [1.807, 2.05) is 11.8 Å². The van der Waals surface area contributed by atoms with E-state index in [2.05, 4.69) is 4.90 Å². The Morgan fingerprint density at radius 3 is 2.47 bits per heavy atom. The first kappa shape index (κ1) is 11.7. The molecule has 88 valence electrons. The minimum absolute atomic E-state index is 0.125. The summed E-state index contributed by atoms with van der Waals surface area (Å²) in [4.78, 5) is 2.51. The maximum Gasteiger partial charge on any atom is 0.0501 e. The normalized spacial score (nSPS) is 27.8. The lowest BCUT2D eigenvalue weighted by atomic mass is 9.80. The maximum absolute atomic E-state index is 9.58. The van der Waals surface area contributed by atoms with Gasteiger partial charge < -0.3 is 14.7 Å². The summed E-state index contributed by atoms with van der Waals surface area (Å²) in [6, 6.07) is 0. The maximum atomic E-state index is 9.58. The Bertz CT molecular complexity index is 189. The summed E-state index contributed by atoms with van der Waals surface area (Å²) in [5.41, 5.74) is 0.125. The predicted octanol–water partition coefficient (Wildman–Crippen LogP) is 0.824. The van der Waals surface area contributed by atoms with Gasteiger partial charge in [-0.15, -0.1) is 0 Å². The average molecular weight is 231 g/mol. The quantitative estimate of drug-likeness (QED) is 0.780. The van der Waals surface area contributed by atoms with Crippen LogP contribution in [0.5, 0.6) is 0 Å². The Morgan fingerprint density at radius 1 is 1.20 bits per heavy atom. The van der Waals surface area contributed by atoms with Gasteiger partial charge in [0.2, 0.25) is 0 Å². The molecule has 2 aliphatic heterocycles. The molecule has 0 atom stereocenters. The lowest BCUT2D eigenvalue weighted by Gasteiger charge is -2.40. The summed E-state index contributed by atoms with van der Waals surface area (Å²) < 4.78 is 5.38. The number of thioether (sulfide) groups is 1. The van der Waals surface area contributed by atoms with Crippen molar-refractivity contribution in [2.75, 3.05) is 51.0 Å². The minimum atomic E-state index is 0.125. The predicted molar refractivity (Wildman–Crippen MR) is 63.3 cm³/mol. The molecule has 2 heterocycles. The molecule has 0 amide bonds. The van der Waals surface area contributed by atoms with Crippen LogP contribution in [0.3, 0.4) is 0 Å². The fourth-order valence-corrected chi connectivity index (χ4v) is 3.38. The molecular weight excluding hydrogens is 210 g/mol. The summed E-state index contributed by atoms with van der Waals surface area (Å²) in [5.74, 6) is 2.50. The van der Waals surface area contributed by atoms with Crippen LogP contribution in [-0.4, -0.2) is 61.0 Å². The van der Waals surface area contributed by atoms with Gasteiger partial charge in [-0.2, -0.15) is 11.8 Å². The number of hydrogen-bond acceptors (Lipinski definition) is 4. The zero-order valence-corrected chi connectivity index (χ0v) is 10.1. The lowest BCUT2D eigenvalue weighted by molar-refractivity contribution is -0.0329. The lowest BCUT2D eigenvalue weighted by Crippen LogP contribution is -2.46. The Balaban J connectivity index is 1.87. The Hall–Kier alpha value is 0.230. The van der Waals surface area contributed by atoms with Crippen LogP contribution in [0.2, 0.25) is 0 Å². The van der Waals surface area contributed by atoms with Crippen molar-refractivity contribution in [3.05, 3.63) is 0 Å². The zero-order valence-electron chi connectivity index (χ0n) is 9.28. The summed E-state index contributed by atoms with van der Waals surface area (Å²) >= 11 is 2.04. The number of aliphatic hydroxyl groups excluding tert-OH is 1. The van der Waals surface area contributed by atoms with E-state index in [0.29, 0.717) is 6.61 Å². The first-order chi connectivity index (χ1) is 7.35. The second-order valence-electron chi connectivity index (χ2n) is 4.66. The molecule has 2 aliphatic rings. The highest BCUT2D eigenvalue weighted by molar-refractivity contribution is 7.99. The number of ether oxygens (including phenoxy) is 1. The van der Waals surface area contributed by atoms with Crippen molar-refractivity contribution in [1.29, 1.82) is 0 Å². The largest absolute Gasteiger partial charge is 0.396 e. The topological polar surface area (TPSA) is 32.7 Å². The molecule has 15 heavy (non-hydrogen) atoms. The van der Waals surface area contributed by atoms with Crippen molar-refractivity contribution >= 4 is 11.8 Å². The van der Waals surface area contributed by atoms with Gasteiger partial charge in [0.15, 0.2) is 0 Å². The molecule has 0 unspecified atom stereocenters. The monoisotopic (exact) mass is 231 g/mol. The number of nitrogens with zero attached hydrogens (tertiary/aromatic N) is 1. The first-order valence-electron chi connectivity index (χ1n) is 5.83. The van der Waals surface area contributed by atoms with Gasteiger partial charge in [0.1, 0.15) is 0 Å². The van der Waals surface area contributed by atoms with E-state index in [9.17, 15) is 5.11 Å². The van der Waals surface area contributed by atoms with Crippen molar-refractivity contribution in [3.8, 4) is 0 Å². The van der Waals surface area contributed by atoms with E-state index >= 15 is 0 Å². The Morgan fingerprint density at radius 2 is 1.87 bits per heavy atom. The van der Waals surface area contributed by atoms with Crippen LogP contribution in [0.25, 0.3) is 0 Å². The highest BCUT2D eigenvalue weighted by atomic mass is 32.2. The molecule has 1 N–H and O–H groups in total. The van der Waals surface area contributed by atoms with Crippen LogP contribution in [-0.2, 0) is 4.74 Å². The first-order valence-corrected chi connectivity index (χ1v) is 6.99. The Labute approximate surface area is 96.2 Å². The molecule has 2 saturated heterocycles. The van der Waals surface area contributed by atoms with E-state index in [0.717, 1.165) is 32.6 Å². The number of hydrogen-bond donors (Lipinski definition) is 1. The van der Waals surface area contributed by atoms with E-state index in [4.69, 9.17) is 4.74 Å². The van der Waals surface area contributed by atoms with Crippen molar-refractivity contribution in [2.45, 2.75) is 12.8 Å². The van der Waals surface area contributed by atoms with Gasteiger partial charge in [-0.05, 0) is 12.8 Å². The molecule has 0 aromatic rings. The highest BCUT2D eigenvalue weighted by Crippen LogP contribution is 2.31. The highest BCUT2D eigenvalue weighted by Gasteiger charge is 2.34. The van der Waals surface area contributed by atoms with E-state index in [1.54, 1.807) is 0 Å². The van der Waals surface area contributed by atoms with Crippen LogP contribution in [0.4, 0.5) is 0 Å². The van der Waals surface area contributed by atoms with Crippen molar-refractivity contribution in [3.63, 3.8) is 0 Å². The van der Waals surface area contributed by atoms with Gasteiger partial charge in [0.25, 0.3) is 0 Å². The molecular formula is C11H21NO2S. The third-order valence-electron chi connectivity index (χ3n) is 3.55. The van der Waals surface area contributed by atoms with Gasteiger partial charge in [-0.1, -0.05) is 0 Å². The smallest absolute Gasteiger partial charge is 0.0501 e. The van der Waals surface area contributed by atoms with E-state index < -0.39 is 0 Å². The molecule has 0 aromatic heterocycles. The minimum Gasteiger partial charge on any atom is -0.396 e. The molecule has 0 saturated carbocycles. The van der Waals surface area contributed by atoms with E-state index in [1.165, 1.54) is 24.6 Å². The summed E-state index contributed by atoms with van der Waals surface area (Å²) in [6.45, 7) is 5.40. The molecule has 0 aliphatic carbocycles. The van der Waals surface area contributed by atoms with Gasteiger partial charge in [-0.25, -0.2) is 0 Å².